The molecule has 1 atom stereocenters. The van der Waals surface area contributed by atoms with Gasteiger partial charge in [0, 0.05) is 23.4 Å². The molecular formula is C19H20Cl2F2N4O. The van der Waals surface area contributed by atoms with E-state index in [-0.39, 0.29) is 36.8 Å². The maximum atomic E-state index is 13.3. The average Bonchev–Trinajstić information content (AvgIpc) is 3.06. The minimum absolute atomic E-state index is 0. The van der Waals surface area contributed by atoms with Crippen molar-refractivity contribution in [1.29, 1.82) is 0 Å². The number of aromatic amines is 1. The fraction of sp³-hybridized carbons (Fsp3) is 0.263. The second-order valence-electron chi connectivity index (χ2n) is 6.44. The number of benzene rings is 2. The molecule has 9 heteroatoms. The molecule has 1 fully saturated rings. The highest BCUT2D eigenvalue weighted by molar-refractivity contribution is 5.95. The molecular weight excluding hydrogens is 409 g/mol. The first kappa shape index (κ1) is 22.1. The lowest BCUT2D eigenvalue weighted by Crippen LogP contribution is -2.43. The minimum atomic E-state index is -0.926. The summed E-state index contributed by atoms with van der Waals surface area (Å²) in [6.07, 6.45) is 3.00. The summed E-state index contributed by atoms with van der Waals surface area (Å²) in [5, 5.41) is 6.11. The zero-order valence-corrected chi connectivity index (χ0v) is 16.4. The number of aromatic nitrogens is 2. The molecule has 3 N–H and O–H groups in total. The Hall–Kier alpha value is -2.22. The van der Waals surface area contributed by atoms with Crippen LogP contribution in [0.25, 0.3) is 22.4 Å². The Kier molecular flexibility index (Phi) is 7.35. The molecule has 1 aliphatic heterocycles. The molecule has 1 aromatic heterocycles. The van der Waals surface area contributed by atoms with Gasteiger partial charge in [-0.05, 0) is 43.7 Å². The first-order valence-corrected chi connectivity index (χ1v) is 8.59. The first-order chi connectivity index (χ1) is 12.6. The molecule has 2 aromatic carbocycles. The third kappa shape index (κ3) is 4.60. The fourth-order valence-corrected chi connectivity index (χ4v) is 3.16. The quantitative estimate of drug-likeness (QED) is 0.577. The van der Waals surface area contributed by atoms with Crippen molar-refractivity contribution >= 4 is 47.4 Å². The summed E-state index contributed by atoms with van der Waals surface area (Å²) >= 11 is 0. The van der Waals surface area contributed by atoms with Crippen LogP contribution in [0, 0.1) is 11.6 Å². The van der Waals surface area contributed by atoms with Crippen molar-refractivity contribution in [1.82, 2.24) is 15.3 Å². The highest BCUT2D eigenvalue weighted by Gasteiger charge is 2.20. The number of nitrogens with zero attached hydrogens (tertiary/aromatic N) is 1. The van der Waals surface area contributed by atoms with E-state index in [4.69, 9.17) is 0 Å². The number of rotatable bonds is 3. The van der Waals surface area contributed by atoms with Crippen molar-refractivity contribution < 1.29 is 13.6 Å². The van der Waals surface area contributed by atoms with Crippen LogP contribution < -0.4 is 10.6 Å². The van der Waals surface area contributed by atoms with Crippen molar-refractivity contribution in [2.75, 3.05) is 11.9 Å². The molecule has 28 heavy (non-hydrogen) atoms. The molecule has 5 nitrogen and oxygen atoms in total. The number of H-pyrrole nitrogens is 1. The van der Waals surface area contributed by atoms with E-state index in [0.29, 0.717) is 22.5 Å². The van der Waals surface area contributed by atoms with E-state index in [1.807, 2.05) is 0 Å². The van der Waals surface area contributed by atoms with E-state index < -0.39 is 11.6 Å². The molecule has 1 amide bonds. The number of anilines is 1. The highest BCUT2D eigenvalue weighted by Crippen LogP contribution is 2.24. The number of piperidine rings is 1. The van der Waals surface area contributed by atoms with Gasteiger partial charge >= 0.3 is 0 Å². The van der Waals surface area contributed by atoms with E-state index in [0.717, 1.165) is 43.5 Å². The van der Waals surface area contributed by atoms with Gasteiger partial charge in [-0.3, -0.25) is 4.79 Å². The number of amides is 1. The summed E-state index contributed by atoms with van der Waals surface area (Å²) in [6, 6.07) is 9.17. The Morgan fingerprint density at radius 2 is 1.79 bits per heavy atom. The van der Waals surface area contributed by atoms with Crippen LogP contribution in [0.4, 0.5) is 14.5 Å². The Balaban J connectivity index is 0.00000140. The topological polar surface area (TPSA) is 69.8 Å². The van der Waals surface area contributed by atoms with Crippen molar-refractivity contribution in [3.05, 3.63) is 48.0 Å². The number of fused-ring (bicyclic) bond motifs is 1. The van der Waals surface area contributed by atoms with Gasteiger partial charge in [0.1, 0.15) is 5.82 Å². The maximum absolute atomic E-state index is 13.3. The van der Waals surface area contributed by atoms with Gasteiger partial charge in [-0.15, -0.1) is 24.8 Å². The van der Waals surface area contributed by atoms with Gasteiger partial charge < -0.3 is 15.6 Å². The van der Waals surface area contributed by atoms with E-state index >= 15 is 0 Å². The molecule has 1 aliphatic rings. The fourth-order valence-electron chi connectivity index (χ4n) is 3.16. The number of carbonyl (C=O) groups excluding carboxylic acids is 1. The monoisotopic (exact) mass is 428 g/mol. The number of carbonyl (C=O) groups is 1. The Bertz CT molecular complexity index is 917. The largest absolute Gasteiger partial charge is 0.338 e. The second kappa shape index (κ2) is 9.32. The van der Waals surface area contributed by atoms with Gasteiger partial charge in [-0.1, -0.05) is 6.42 Å². The van der Waals surface area contributed by atoms with Crippen LogP contribution in [0.5, 0.6) is 0 Å². The van der Waals surface area contributed by atoms with Crippen LogP contribution in [0.1, 0.15) is 19.3 Å². The molecule has 4 rings (SSSR count). The zero-order valence-electron chi connectivity index (χ0n) is 14.8. The van der Waals surface area contributed by atoms with Gasteiger partial charge in [-0.2, -0.15) is 0 Å². The summed E-state index contributed by atoms with van der Waals surface area (Å²) in [5.41, 5.74) is 2.24. The number of nitrogens with one attached hydrogen (secondary N) is 3. The standard InChI is InChI=1S/C19H18F2N4O.2ClH/c20-13-9-16-17(10-14(13)21)25-18(24-16)11-4-6-12(7-5-11)23-19(26)15-3-1-2-8-22-15;;/h4-7,9-10,15,22H,1-3,8H2,(H,23,26)(H,24,25);2*1H/t15-;;/m1../s1. The van der Waals surface area contributed by atoms with E-state index in [1.54, 1.807) is 24.3 Å². The Morgan fingerprint density at radius 3 is 2.46 bits per heavy atom. The van der Waals surface area contributed by atoms with Gasteiger partial charge in [-0.25, -0.2) is 13.8 Å². The first-order valence-electron chi connectivity index (χ1n) is 8.59. The molecule has 150 valence electrons. The van der Waals surface area contributed by atoms with Gasteiger partial charge in [0.05, 0.1) is 17.1 Å². The number of halogens is 4. The van der Waals surface area contributed by atoms with Crippen LogP contribution in [0.15, 0.2) is 36.4 Å². The molecule has 2 heterocycles. The lowest BCUT2D eigenvalue weighted by molar-refractivity contribution is -0.118. The normalized spacial score (nSPS) is 16.1. The third-order valence-corrected chi connectivity index (χ3v) is 4.58. The lowest BCUT2D eigenvalue weighted by atomic mass is 10.0. The van der Waals surface area contributed by atoms with Gasteiger partial charge in [0.25, 0.3) is 0 Å². The molecule has 0 spiro atoms. The Labute approximate surface area is 173 Å². The van der Waals surface area contributed by atoms with Crippen LogP contribution in [-0.4, -0.2) is 28.5 Å². The van der Waals surface area contributed by atoms with Gasteiger partial charge in [0.15, 0.2) is 11.6 Å². The average molecular weight is 429 g/mol. The summed E-state index contributed by atoms with van der Waals surface area (Å²) in [7, 11) is 0. The molecule has 0 bridgehead atoms. The van der Waals surface area contributed by atoms with Crippen LogP contribution >= 0.6 is 24.8 Å². The van der Waals surface area contributed by atoms with Crippen molar-refractivity contribution in [3.8, 4) is 11.4 Å². The van der Waals surface area contributed by atoms with Crippen LogP contribution in [0.2, 0.25) is 0 Å². The van der Waals surface area contributed by atoms with Crippen molar-refractivity contribution in [3.63, 3.8) is 0 Å². The van der Waals surface area contributed by atoms with Crippen molar-refractivity contribution in [2.45, 2.75) is 25.3 Å². The molecule has 0 aliphatic carbocycles. The van der Waals surface area contributed by atoms with Crippen molar-refractivity contribution in [2.24, 2.45) is 0 Å². The summed E-state index contributed by atoms with van der Waals surface area (Å²) < 4.78 is 26.6. The number of imidazole rings is 1. The SMILES string of the molecule is Cl.Cl.O=C(Nc1ccc(-c2nc3cc(F)c(F)cc3[nH]2)cc1)[C@H]1CCCCN1. The zero-order chi connectivity index (χ0) is 18.1. The second-order valence-corrected chi connectivity index (χ2v) is 6.44. The van der Waals surface area contributed by atoms with E-state index in [1.165, 1.54) is 0 Å². The van der Waals surface area contributed by atoms with Crippen LogP contribution in [-0.2, 0) is 4.79 Å². The predicted molar refractivity (Wildman–Crippen MR) is 110 cm³/mol. The number of hydrogen-bond donors (Lipinski definition) is 3. The number of hydrogen-bond acceptors (Lipinski definition) is 3. The smallest absolute Gasteiger partial charge is 0.241 e. The third-order valence-electron chi connectivity index (χ3n) is 4.58. The maximum Gasteiger partial charge on any atom is 0.241 e. The molecule has 3 aromatic rings. The molecule has 0 unspecified atom stereocenters. The predicted octanol–water partition coefficient (Wildman–Crippen LogP) is 4.43. The lowest BCUT2D eigenvalue weighted by Gasteiger charge is -2.22. The molecule has 0 saturated carbocycles. The van der Waals surface area contributed by atoms with E-state index in [2.05, 4.69) is 20.6 Å². The molecule has 1 saturated heterocycles. The van der Waals surface area contributed by atoms with Gasteiger partial charge in [0.2, 0.25) is 5.91 Å². The summed E-state index contributed by atoms with van der Waals surface area (Å²) in [6.45, 7) is 0.865. The van der Waals surface area contributed by atoms with Crippen LogP contribution in [0.3, 0.4) is 0 Å². The summed E-state index contributed by atoms with van der Waals surface area (Å²) in [4.78, 5) is 19.5. The molecule has 0 radical (unpaired) electrons. The highest BCUT2D eigenvalue weighted by atomic mass is 35.5. The minimum Gasteiger partial charge on any atom is -0.338 e. The Morgan fingerprint density at radius 1 is 1.07 bits per heavy atom. The summed E-state index contributed by atoms with van der Waals surface area (Å²) in [5.74, 6) is -1.36. The van der Waals surface area contributed by atoms with E-state index in [9.17, 15) is 13.6 Å².